The summed E-state index contributed by atoms with van der Waals surface area (Å²) >= 11 is 0. The minimum atomic E-state index is -0.697. The third kappa shape index (κ3) is 4.35. The molecule has 2 N–H and O–H groups in total. The van der Waals surface area contributed by atoms with Crippen LogP contribution in [-0.4, -0.2) is 47.2 Å². The average Bonchev–Trinajstić information content (AvgIpc) is 2.75. The van der Waals surface area contributed by atoms with Gasteiger partial charge in [-0.1, -0.05) is 0 Å². The van der Waals surface area contributed by atoms with Gasteiger partial charge in [0.15, 0.2) is 0 Å². The fourth-order valence-electron chi connectivity index (χ4n) is 3.98. The number of rotatable bonds is 5. The first kappa shape index (κ1) is 18.5. The molecule has 0 amide bonds. The molecule has 7 heteroatoms. The van der Waals surface area contributed by atoms with Crippen LogP contribution in [0.4, 0.5) is 23.1 Å². The van der Waals surface area contributed by atoms with Crippen molar-refractivity contribution in [2.24, 2.45) is 5.92 Å². The Labute approximate surface area is 165 Å². The smallest absolute Gasteiger partial charge is 0.306 e. The van der Waals surface area contributed by atoms with Crippen molar-refractivity contribution in [1.82, 2.24) is 9.97 Å². The summed E-state index contributed by atoms with van der Waals surface area (Å²) in [5, 5.41) is 12.4. The van der Waals surface area contributed by atoms with Crippen LogP contribution in [-0.2, 0) is 4.79 Å². The van der Waals surface area contributed by atoms with Gasteiger partial charge in [-0.05, 0) is 62.4 Å². The second-order valence-corrected chi connectivity index (χ2v) is 7.56. The molecule has 1 aromatic heterocycles. The highest BCUT2D eigenvalue weighted by Crippen LogP contribution is 2.25. The van der Waals surface area contributed by atoms with Crippen molar-refractivity contribution in [2.75, 3.05) is 41.3 Å². The molecule has 2 aliphatic rings. The van der Waals surface area contributed by atoms with Gasteiger partial charge in [-0.2, -0.15) is 4.98 Å². The van der Waals surface area contributed by atoms with Crippen molar-refractivity contribution in [3.05, 3.63) is 36.5 Å². The fraction of sp³-hybridized carbons (Fsp3) is 0.476. The van der Waals surface area contributed by atoms with Crippen molar-refractivity contribution in [1.29, 1.82) is 0 Å². The molecule has 0 saturated carbocycles. The first-order chi connectivity index (χ1) is 13.7. The monoisotopic (exact) mass is 381 g/mol. The summed E-state index contributed by atoms with van der Waals surface area (Å²) in [7, 11) is 0. The number of nitrogens with zero attached hydrogens (tertiary/aromatic N) is 4. The van der Waals surface area contributed by atoms with Gasteiger partial charge in [0, 0.05) is 43.8 Å². The van der Waals surface area contributed by atoms with Crippen LogP contribution in [0.3, 0.4) is 0 Å². The molecule has 28 heavy (non-hydrogen) atoms. The molecule has 4 rings (SSSR count). The maximum absolute atomic E-state index is 11.1. The minimum Gasteiger partial charge on any atom is -0.481 e. The van der Waals surface area contributed by atoms with Crippen LogP contribution in [0.25, 0.3) is 0 Å². The lowest BCUT2D eigenvalue weighted by atomic mass is 9.97. The first-order valence-corrected chi connectivity index (χ1v) is 10.1. The summed E-state index contributed by atoms with van der Waals surface area (Å²) in [6, 6.07) is 10.3. The largest absolute Gasteiger partial charge is 0.481 e. The zero-order valence-corrected chi connectivity index (χ0v) is 16.0. The van der Waals surface area contributed by atoms with Crippen LogP contribution in [0.1, 0.15) is 32.1 Å². The Balaban J connectivity index is 1.39. The summed E-state index contributed by atoms with van der Waals surface area (Å²) in [5.41, 5.74) is 2.23. The van der Waals surface area contributed by atoms with Gasteiger partial charge in [-0.15, -0.1) is 0 Å². The van der Waals surface area contributed by atoms with Crippen molar-refractivity contribution < 1.29 is 9.90 Å². The van der Waals surface area contributed by atoms with Gasteiger partial charge in [0.25, 0.3) is 0 Å². The number of piperidine rings is 2. The van der Waals surface area contributed by atoms with Crippen LogP contribution < -0.4 is 15.1 Å². The molecule has 3 heterocycles. The van der Waals surface area contributed by atoms with E-state index < -0.39 is 5.97 Å². The number of nitrogens with one attached hydrogen (secondary N) is 1. The van der Waals surface area contributed by atoms with Crippen molar-refractivity contribution in [3.63, 3.8) is 0 Å². The van der Waals surface area contributed by atoms with E-state index in [1.165, 1.54) is 24.9 Å². The third-order valence-corrected chi connectivity index (χ3v) is 5.65. The molecule has 0 unspecified atom stereocenters. The number of hydrogen-bond acceptors (Lipinski definition) is 6. The molecule has 0 aliphatic carbocycles. The summed E-state index contributed by atoms with van der Waals surface area (Å²) < 4.78 is 0. The minimum absolute atomic E-state index is 0.242. The van der Waals surface area contributed by atoms with E-state index in [1.54, 1.807) is 6.20 Å². The number of aromatic nitrogens is 2. The van der Waals surface area contributed by atoms with E-state index in [9.17, 15) is 4.79 Å². The van der Waals surface area contributed by atoms with E-state index in [2.05, 4.69) is 49.4 Å². The predicted molar refractivity (Wildman–Crippen MR) is 110 cm³/mol. The zero-order chi connectivity index (χ0) is 19.3. The highest BCUT2D eigenvalue weighted by molar-refractivity contribution is 5.70. The molecule has 0 atom stereocenters. The van der Waals surface area contributed by atoms with Crippen molar-refractivity contribution in [3.8, 4) is 0 Å². The second kappa shape index (κ2) is 8.46. The van der Waals surface area contributed by atoms with E-state index in [0.29, 0.717) is 31.9 Å². The Bertz CT molecular complexity index is 797. The van der Waals surface area contributed by atoms with Gasteiger partial charge >= 0.3 is 5.97 Å². The molecule has 0 spiro atoms. The highest BCUT2D eigenvalue weighted by Gasteiger charge is 2.25. The topological polar surface area (TPSA) is 81.6 Å². The lowest BCUT2D eigenvalue weighted by Gasteiger charge is -2.31. The first-order valence-electron chi connectivity index (χ1n) is 10.1. The molecule has 2 fully saturated rings. The quantitative estimate of drug-likeness (QED) is 0.820. The van der Waals surface area contributed by atoms with E-state index in [1.807, 2.05) is 6.07 Å². The van der Waals surface area contributed by atoms with Crippen LogP contribution in [0, 0.1) is 5.92 Å². The number of aliphatic carboxylic acids is 1. The summed E-state index contributed by atoms with van der Waals surface area (Å²) in [6.07, 6.45) is 6.92. The molecule has 7 nitrogen and oxygen atoms in total. The average molecular weight is 381 g/mol. The Hall–Kier alpha value is -2.83. The van der Waals surface area contributed by atoms with E-state index in [4.69, 9.17) is 5.11 Å². The van der Waals surface area contributed by atoms with Gasteiger partial charge in [-0.3, -0.25) is 4.79 Å². The fourth-order valence-corrected chi connectivity index (χ4v) is 3.98. The van der Waals surface area contributed by atoms with Gasteiger partial charge in [0.1, 0.15) is 5.82 Å². The number of anilines is 4. The Morgan fingerprint density at radius 1 is 0.964 bits per heavy atom. The van der Waals surface area contributed by atoms with Crippen LogP contribution in [0.15, 0.2) is 36.5 Å². The molecule has 0 bridgehead atoms. The molecule has 0 radical (unpaired) electrons. The van der Waals surface area contributed by atoms with Crippen LogP contribution in [0.5, 0.6) is 0 Å². The number of carboxylic acids is 1. The predicted octanol–water partition coefficient (Wildman–Crippen LogP) is 3.51. The van der Waals surface area contributed by atoms with Crippen molar-refractivity contribution >= 4 is 29.1 Å². The second-order valence-electron chi connectivity index (χ2n) is 7.56. The number of benzene rings is 1. The summed E-state index contributed by atoms with van der Waals surface area (Å²) in [4.78, 5) is 24.6. The molecule has 1 aromatic carbocycles. The van der Waals surface area contributed by atoms with E-state index in [0.717, 1.165) is 24.6 Å². The maximum Gasteiger partial charge on any atom is 0.306 e. The lowest BCUT2D eigenvalue weighted by molar-refractivity contribution is -0.142. The SMILES string of the molecule is O=C(O)C1CCN(c2ccnc(Nc3ccc(N4CCCCC4)cc3)n2)CC1. The van der Waals surface area contributed by atoms with Gasteiger partial charge in [0.05, 0.1) is 5.92 Å². The molecular formula is C21H27N5O2. The maximum atomic E-state index is 11.1. The van der Waals surface area contributed by atoms with E-state index >= 15 is 0 Å². The van der Waals surface area contributed by atoms with E-state index in [-0.39, 0.29) is 5.92 Å². The standard InChI is InChI=1S/C21H27N5O2/c27-20(28)16-9-14-26(15-10-16)19-8-11-22-21(24-19)23-17-4-6-18(7-5-17)25-12-2-1-3-13-25/h4-8,11,16H,1-3,9-10,12-15H2,(H,27,28)(H,22,23,24). The van der Waals surface area contributed by atoms with Gasteiger partial charge in [0.2, 0.25) is 5.95 Å². The molecule has 2 aromatic rings. The molecule has 2 aliphatic heterocycles. The summed E-state index contributed by atoms with van der Waals surface area (Å²) in [5.74, 6) is 0.460. The third-order valence-electron chi connectivity index (χ3n) is 5.65. The highest BCUT2D eigenvalue weighted by atomic mass is 16.4. The van der Waals surface area contributed by atoms with Gasteiger partial charge < -0.3 is 20.2 Å². The Morgan fingerprint density at radius 3 is 2.36 bits per heavy atom. The molecule has 2 saturated heterocycles. The molecular weight excluding hydrogens is 354 g/mol. The van der Waals surface area contributed by atoms with Crippen LogP contribution >= 0.6 is 0 Å². The van der Waals surface area contributed by atoms with Crippen LogP contribution in [0.2, 0.25) is 0 Å². The Kier molecular flexibility index (Phi) is 5.60. The molecule has 148 valence electrons. The van der Waals surface area contributed by atoms with Gasteiger partial charge in [-0.25, -0.2) is 4.98 Å². The normalized spacial score (nSPS) is 18.1. The van der Waals surface area contributed by atoms with Crippen molar-refractivity contribution in [2.45, 2.75) is 32.1 Å². The lowest BCUT2D eigenvalue weighted by Crippen LogP contribution is -2.36. The number of hydrogen-bond donors (Lipinski definition) is 2. The number of carboxylic acid groups (broad SMARTS) is 1. The zero-order valence-electron chi connectivity index (χ0n) is 16.0. The Morgan fingerprint density at radius 2 is 1.68 bits per heavy atom. The summed E-state index contributed by atoms with van der Waals surface area (Å²) in [6.45, 7) is 3.68. The number of carbonyl (C=O) groups is 1.